The van der Waals surface area contributed by atoms with Crippen LogP contribution in [0.15, 0.2) is 0 Å². The highest BCUT2D eigenvalue weighted by atomic mass is 31.2. The van der Waals surface area contributed by atoms with Crippen molar-refractivity contribution < 1.29 is 47.5 Å². The predicted octanol–water partition coefficient (Wildman–Crippen LogP) is 9.17. The van der Waals surface area contributed by atoms with Gasteiger partial charge in [0.15, 0.2) is 6.10 Å². The highest BCUT2D eigenvalue weighted by Crippen LogP contribution is 2.43. The highest BCUT2D eigenvalue weighted by Gasteiger charge is 2.28. The van der Waals surface area contributed by atoms with E-state index in [1.54, 1.807) is 0 Å². The first-order chi connectivity index (χ1) is 23.1. The molecule has 0 aromatic carbocycles. The van der Waals surface area contributed by atoms with Crippen LogP contribution in [0.1, 0.15) is 181 Å². The average molecular weight is 708 g/mol. The summed E-state index contributed by atoms with van der Waals surface area (Å²) >= 11 is 0. The Labute approximate surface area is 291 Å². The van der Waals surface area contributed by atoms with E-state index in [0.29, 0.717) is 12.8 Å². The molecular weight excluding hydrogens is 637 g/mol. The maximum atomic E-state index is 12.5. The van der Waals surface area contributed by atoms with Crippen molar-refractivity contribution in [1.82, 2.24) is 0 Å². The first-order valence-corrected chi connectivity index (χ1v) is 20.6. The van der Waals surface area contributed by atoms with Gasteiger partial charge in [-0.15, -0.1) is 0 Å². The van der Waals surface area contributed by atoms with Crippen LogP contribution in [0.4, 0.5) is 0 Å². The van der Waals surface area contributed by atoms with Crippen LogP contribution in [0.3, 0.4) is 0 Å². The van der Waals surface area contributed by atoms with Crippen LogP contribution in [0.25, 0.3) is 0 Å². The minimum atomic E-state index is -4.70. The van der Waals surface area contributed by atoms with E-state index in [-0.39, 0.29) is 19.4 Å². The van der Waals surface area contributed by atoms with Gasteiger partial charge in [-0.25, -0.2) is 4.57 Å². The average Bonchev–Trinajstić information content (AvgIpc) is 3.05. The van der Waals surface area contributed by atoms with E-state index >= 15 is 0 Å². The Hall–Kier alpha value is -1.52. The molecule has 0 radical (unpaired) electrons. The summed E-state index contributed by atoms with van der Waals surface area (Å²) in [4.78, 5) is 45.7. The molecule has 0 aliphatic rings. The SMILES string of the molecule is CCCCCCCCCCCCCCCC(=O)OC[C@H](COP(=O)(O)OC[C@H](N)C(=O)O)OC(=O)CCCCCCCCCCCCC. The molecule has 3 atom stereocenters. The summed E-state index contributed by atoms with van der Waals surface area (Å²) < 4.78 is 32.5. The second-order valence-electron chi connectivity index (χ2n) is 13.1. The first kappa shape index (κ1) is 46.5. The van der Waals surface area contributed by atoms with Crippen LogP contribution in [0, 0.1) is 0 Å². The molecule has 0 aliphatic heterocycles. The van der Waals surface area contributed by atoms with Crippen molar-refractivity contribution in [3.05, 3.63) is 0 Å². The third-order valence-electron chi connectivity index (χ3n) is 8.36. The van der Waals surface area contributed by atoms with Gasteiger partial charge >= 0.3 is 25.7 Å². The second kappa shape index (κ2) is 32.7. The second-order valence-corrected chi connectivity index (χ2v) is 14.5. The quantitative estimate of drug-likeness (QED) is 0.0322. The number of carbonyl (C=O) groups is 3. The van der Waals surface area contributed by atoms with Crippen molar-refractivity contribution in [3.63, 3.8) is 0 Å². The largest absolute Gasteiger partial charge is 0.480 e. The number of unbranched alkanes of at least 4 members (excludes halogenated alkanes) is 22. The molecule has 11 nitrogen and oxygen atoms in total. The Morgan fingerprint density at radius 2 is 0.917 bits per heavy atom. The van der Waals surface area contributed by atoms with Crippen LogP contribution in [0.2, 0.25) is 0 Å². The normalized spacial score (nSPS) is 13.9. The predicted molar refractivity (Wildman–Crippen MR) is 190 cm³/mol. The Balaban J connectivity index is 4.41. The number of aliphatic carboxylic acids is 1. The maximum Gasteiger partial charge on any atom is 0.472 e. The van der Waals surface area contributed by atoms with E-state index in [4.69, 9.17) is 24.8 Å². The van der Waals surface area contributed by atoms with Gasteiger partial charge in [0.2, 0.25) is 0 Å². The fourth-order valence-electron chi connectivity index (χ4n) is 5.30. The Bertz CT molecular complexity index is 844. The summed E-state index contributed by atoms with van der Waals surface area (Å²) in [6.45, 7) is 2.79. The maximum absolute atomic E-state index is 12.5. The minimum absolute atomic E-state index is 0.168. The molecule has 0 bridgehead atoms. The lowest BCUT2D eigenvalue weighted by molar-refractivity contribution is -0.161. The molecule has 284 valence electrons. The number of ether oxygens (including phenoxy) is 2. The summed E-state index contributed by atoms with van der Waals surface area (Å²) in [5.74, 6) is -2.37. The van der Waals surface area contributed by atoms with Crippen LogP contribution in [-0.2, 0) is 37.5 Å². The van der Waals surface area contributed by atoms with Crippen LogP contribution < -0.4 is 5.73 Å². The van der Waals surface area contributed by atoms with Crippen molar-refractivity contribution in [2.45, 2.75) is 193 Å². The van der Waals surface area contributed by atoms with Crippen LogP contribution in [0.5, 0.6) is 0 Å². The molecule has 12 heteroatoms. The van der Waals surface area contributed by atoms with E-state index in [1.807, 2.05) is 0 Å². The van der Waals surface area contributed by atoms with Gasteiger partial charge in [-0.2, -0.15) is 0 Å². The molecule has 48 heavy (non-hydrogen) atoms. The van der Waals surface area contributed by atoms with Gasteiger partial charge in [-0.1, -0.05) is 155 Å². The van der Waals surface area contributed by atoms with Crippen molar-refractivity contribution in [1.29, 1.82) is 0 Å². The zero-order chi connectivity index (χ0) is 35.7. The van der Waals surface area contributed by atoms with Crippen molar-refractivity contribution in [2.24, 2.45) is 5.73 Å². The molecule has 0 saturated carbocycles. The molecule has 0 fully saturated rings. The lowest BCUT2D eigenvalue weighted by Gasteiger charge is -2.20. The number of phosphoric acid groups is 1. The number of hydrogen-bond acceptors (Lipinski definition) is 9. The molecule has 0 saturated heterocycles. The van der Waals surface area contributed by atoms with Crippen LogP contribution in [-0.4, -0.2) is 59.9 Å². The number of phosphoric ester groups is 1. The summed E-state index contributed by atoms with van der Waals surface area (Å²) in [6.07, 6.45) is 27.4. The third-order valence-corrected chi connectivity index (χ3v) is 9.31. The first-order valence-electron chi connectivity index (χ1n) is 19.1. The molecule has 0 amide bonds. The van der Waals surface area contributed by atoms with Gasteiger partial charge in [0, 0.05) is 12.8 Å². The van der Waals surface area contributed by atoms with E-state index in [1.165, 1.54) is 103 Å². The van der Waals surface area contributed by atoms with Gasteiger partial charge in [-0.05, 0) is 12.8 Å². The molecule has 4 N–H and O–H groups in total. The molecular formula is C36H70NO10P. The lowest BCUT2D eigenvalue weighted by atomic mass is 10.0. The summed E-state index contributed by atoms with van der Waals surface area (Å²) in [6, 6.07) is -1.51. The van der Waals surface area contributed by atoms with Crippen molar-refractivity contribution in [3.8, 4) is 0 Å². The standard InChI is InChI=1S/C36H70NO10P/c1-3-5-7-9-11-13-15-16-18-19-21-23-25-27-34(38)44-29-32(30-45-48(42,43)46-31-33(37)36(40)41)47-35(39)28-26-24-22-20-17-14-12-10-8-6-4-2/h32-33H,3-31,37H2,1-2H3,(H,40,41)(H,42,43)/t32-,33+/m1/s1. The molecule has 0 heterocycles. The summed E-state index contributed by atoms with van der Waals surface area (Å²) in [7, 11) is -4.70. The number of nitrogens with two attached hydrogens (primary N) is 1. The topological polar surface area (TPSA) is 172 Å². The summed E-state index contributed by atoms with van der Waals surface area (Å²) in [5, 5.41) is 8.85. The van der Waals surface area contributed by atoms with Gasteiger partial charge < -0.3 is 25.2 Å². The Morgan fingerprint density at radius 3 is 1.31 bits per heavy atom. The molecule has 0 rings (SSSR count). The van der Waals surface area contributed by atoms with Crippen molar-refractivity contribution in [2.75, 3.05) is 19.8 Å². The zero-order valence-electron chi connectivity index (χ0n) is 30.3. The highest BCUT2D eigenvalue weighted by molar-refractivity contribution is 7.47. The Morgan fingerprint density at radius 1 is 0.562 bits per heavy atom. The van der Waals surface area contributed by atoms with Gasteiger partial charge in [0.25, 0.3) is 0 Å². The van der Waals surface area contributed by atoms with E-state index in [2.05, 4.69) is 18.4 Å². The molecule has 0 aliphatic carbocycles. The number of carboxylic acid groups (broad SMARTS) is 1. The van der Waals surface area contributed by atoms with E-state index < -0.39 is 51.1 Å². The van der Waals surface area contributed by atoms with Gasteiger partial charge in [-0.3, -0.25) is 23.4 Å². The fraction of sp³-hybridized carbons (Fsp3) is 0.917. The number of carbonyl (C=O) groups excluding carboxylic acids is 2. The monoisotopic (exact) mass is 707 g/mol. The number of rotatable bonds is 36. The molecule has 1 unspecified atom stereocenters. The summed E-state index contributed by atoms with van der Waals surface area (Å²) in [5.41, 5.74) is 5.31. The molecule has 0 spiro atoms. The van der Waals surface area contributed by atoms with Gasteiger partial charge in [0.05, 0.1) is 13.2 Å². The zero-order valence-corrected chi connectivity index (χ0v) is 31.2. The third kappa shape index (κ3) is 31.7. The van der Waals surface area contributed by atoms with E-state index in [9.17, 15) is 23.8 Å². The molecule has 0 aromatic rings. The Kier molecular flexibility index (Phi) is 31.6. The number of esters is 2. The number of hydrogen-bond donors (Lipinski definition) is 3. The smallest absolute Gasteiger partial charge is 0.472 e. The lowest BCUT2D eigenvalue weighted by Crippen LogP contribution is -2.34. The number of carboxylic acids is 1. The fourth-order valence-corrected chi connectivity index (χ4v) is 6.08. The van der Waals surface area contributed by atoms with Gasteiger partial charge in [0.1, 0.15) is 12.6 Å². The minimum Gasteiger partial charge on any atom is -0.480 e. The van der Waals surface area contributed by atoms with Crippen LogP contribution >= 0.6 is 7.82 Å². The van der Waals surface area contributed by atoms with Crippen molar-refractivity contribution >= 4 is 25.7 Å². The molecule has 0 aromatic heterocycles. The van der Waals surface area contributed by atoms with E-state index in [0.717, 1.165) is 38.5 Å².